The van der Waals surface area contributed by atoms with Gasteiger partial charge in [-0.1, -0.05) is 11.6 Å². The van der Waals surface area contributed by atoms with Crippen molar-refractivity contribution in [3.63, 3.8) is 0 Å². The van der Waals surface area contributed by atoms with Crippen LogP contribution in [-0.2, 0) is 19.6 Å². The van der Waals surface area contributed by atoms with E-state index in [2.05, 4.69) is 4.98 Å². The molecule has 1 atom stereocenters. The molecule has 1 N–H and O–H groups in total. The molecule has 0 unspecified atom stereocenters. The van der Waals surface area contributed by atoms with Crippen molar-refractivity contribution in [3.05, 3.63) is 29.0 Å². The topological polar surface area (TPSA) is 117 Å². The van der Waals surface area contributed by atoms with Gasteiger partial charge in [0.1, 0.15) is 6.54 Å². The molecule has 1 aliphatic heterocycles. The minimum absolute atomic E-state index is 0.128. The molecule has 2 heterocycles. The second kappa shape index (κ2) is 8.09. The Kier molecular flexibility index (Phi) is 6.33. The van der Waals surface area contributed by atoms with E-state index in [-0.39, 0.29) is 30.6 Å². The SMILES string of the molecule is CS(=O)(=O)N(CC(=O)O)C[C@@H]1CN(C(=O)c2ccncc2Cl)CCO1. The molecule has 11 heteroatoms. The zero-order valence-corrected chi connectivity index (χ0v) is 15.0. The molecular formula is C14H18ClN3O6S. The molecule has 1 saturated heterocycles. The number of sulfonamides is 1. The van der Waals surface area contributed by atoms with Gasteiger partial charge in [-0.2, -0.15) is 4.31 Å². The van der Waals surface area contributed by atoms with E-state index in [0.29, 0.717) is 12.1 Å². The van der Waals surface area contributed by atoms with Gasteiger partial charge in [-0.05, 0) is 6.07 Å². The van der Waals surface area contributed by atoms with Crippen molar-refractivity contribution >= 4 is 33.5 Å². The molecule has 25 heavy (non-hydrogen) atoms. The fraction of sp³-hybridized carbons (Fsp3) is 0.500. The zero-order valence-electron chi connectivity index (χ0n) is 13.5. The molecule has 1 amide bonds. The third-order valence-electron chi connectivity index (χ3n) is 3.62. The predicted molar refractivity (Wildman–Crippen MR) is 88.9 cm³/mol. The van der Waals surface area contributed by atoms with Gasteiger partial charge in [0, 0.05) is 32.0 Å². The fourth-order valence-electron chi connectivity index (χ4n) is 2.43. The molecule has 0 saturated carbocycles. The number of hydrogen-bond donors (Lipinski definition) is 1. The summed E-state index contributed by atoms with van der Waals surface area (Å²) in [6.07, 6.45) is 3.12. The van der Waals surface area contributed by atoms with E-state index in [1.807, 2.05) is 0 Å². The van der Waals surface area contributed by atoms with E-state index >= 15 is 0 Å². The third-order valence-corrected chi connectivity index (χ3v) is 5.13. The van der Waals surface area contributed by atoms with Crippen molar-refractivity contribution in [2.75, 3.05) is 39.0 Å². The number of pyridine rings is 1. The van der Waals surface area contributed by atoms with E-state index in [1.54, 1.807) is 0 Å². The first-order valence-electron chi connectivity index (χ1n) is 7.36. The second-order valence-electron chi connectivity index (χ2n) is 5.55. The van der Waals surface area contributed by atoms with E-state index in [4.69, 9.17) is 21.4 Å². The number of carbonyl (C=O) groups excluding carboxylic acids is 1. The van der Waals surface area contributed by atoms with E-state index in [1.165, 1.54) is 23.4 Å². The van der Waals surface area contributed by atoms with Crippen molar-refractivity contribution in [3.8, 4) is 0 Å². The van der Waals surface area contributed by atoms with Crippen LogP contribution in [0.2, 0.25) is 5.02 Å². The Hall–Kier alpha value is -1.75. The number of hydrogen-bond acceptors (Lipinski definition) is 6. The van der Waals surface area contributed by atoms with Gasteiger partial charge in [-0.25, -0.2) is 8.42 Å². The van der Waals surface area contributed by atoms with Gasteiger partial charge in [0.25, 0.3) is 5.91 Å². The molecule has 2 rings (SSSR count). The third kappa shape index (κ3) is 5.36. The van der Waals surface area contributed by atoms with Crippen LogP contribution in [0.4, 0.5) is 0 Å². The molecule has 0 aromatic carbocycles. The Balaban J connectivity index is 2.08. The number of halogens is 1. The van der Waals surface area contributed by atoms with Crippen LogP contribution in [0.1, 0.15) is 10.4 Å². The molecule has 0 bridgehead atoms. The molecule has 0 aliphatic carbocycles. The molecule has 1 aromatic rings. The van der Waals surface area contributed by atoms with Gasteiger partial charge in [-0.15, -0.1) is 0 Å². The van der Waals surface area contributed by atoms with Crippen LogP contribution < -0.4 is 0 Å². The lowest BCUT2D eigenvalue weighted by Gasteiger charge is -2.35. The van der Waals surface area contributed by atoms with E-state index in [9.17, 15) is 18.0 Å². The van der Waals surface area contributed by atoms with E-state index < -0.39 is 28.6 Å². The number of carbonyl (C=O) groups is 2. The number of amides is 1. The van der Waals surface area contributed by atoms with Crippen molar-refractivity contribution in [1.82, 2.24) is 14.2 Å². The summed E-state index contributed by atoms with van der Waals surface area (Å²) in [5.74, 6) is -1.58. The minimum Gasteiger partial charge on any atom is -0.480 e. The van der Waals surface area contributed by atoms with Crippen LogP contribution in [0.15, 0.2) is 18.5 Å². The summed E-state index contributed by atoms with van der Waals surface area (Å²) in [4.78, 5) is 28.7. The summed E-state index contributed by atoms with van der Waals surface area (Å²) in [7, 11) is -3.72. The molecule has 1 aliphatic rings. The number of aliphatic carboxylic acids is 1. The van der Waals surface area contributed by atoms with Gasteiger partial charge < -0.3 is 14.7 Å². The first-order valence-corrected chi connectivity index (χ1v) is 9.58. The van der Waals surface area contributed by atoms with Gasteiger partial charge in [-0.3, -0.25) is 14.6 Å². The van der Waals surface area contributed by atoms with Crippen molar-refractivity contribution < 1.29 is 27.9 Å². The number of carboxylic acid groups (broad SMARTS) is 1. The van der Waals surface area contributed by atoms with Crippen molar-refractivity contribution in [2.24, 2.45) is 0 Å². The lowest BCUT2D eigenvalue weighted by molar-refractivity contribution is -0.137. The highest BCUT2D eigenvalue weighted by Crippen LogP contribution is 2.18. The van der Waals surface area contributed by atoms with Crippen LogP contribution in [-0.4, -0.2) is 84.7 Å². The molecule has 0 radical (unpaired) electrons. The molecule has 138 valence electrons. The molecule has 1 fully saturated rings. The van der Waals surface area contributed by atoms with E-state index in [0.717, 1.165) is 10.6 Å². The minimum atomic E-state index is -3.72. The molecule has 0 spiro atoms. The number of morpholine rings is 1. The van der Waals surface area contributed by atoms with Crippen LogP contribution in [0.5, 0.6) is 0 Å². The highest BCUT2D eigenvalue weighted by Gasteiger charge is 2.30. The van der Waals surface area contributed by atoms with Crippen LogP contribution in [0, 0.1) is 0 Å². The summed E-state index contributed by atoms with van der Waals surface area (Å²) < 4.78 is 29.8. The first-order chi connectivity index (χ1) is 11.7. The quantitative estimate of drug-likeness (QED) is 0.720. The second-order valence-corrected chi connectivity index (χ2v) is 7.94. The fourth-order valence-corrected chi connectivity index (χ4v) is 3.41. The predicted octanol–water partition coefficient (Wildman–Crippen LogP) is -0.0778. The van der Waals surface area contributed by atoms with Crippen LogP contribution >= 0.6 is 11.6 Å². The summed E-state index contributed by atoms with van der Waals surface area (Å²) in [6.45, 7) is -0.152. The largest absolute Gasteiger partial charge is 0.480 e. The lowest BCUT2D eigenvalue weighted by Crippen LogP contribution is -2.51. The van der Waals surface area contributed by atoms with Gasteiger partial charge in [0.2, 0.25) is 10.0 Å². The van der Waals surface area contributed by atoms with Gasteiger partial charge in [0.15, 0.2) is 0 Å². The molecular weight excluding hydrogens is 374 g/mol. The number of rotatable bonds is 6. The maximum Gasteiger partial charge on any atom is 0.318 e. The Morgan fingerprint density at radius 3 is 2.84 bits per heavy atom. The highest BCUT2D eigenvalue weighted by atomic mass is 35.5. The monoisotopic (exact) mass is 391 g/mol. The number of ether oxygens (including phenoxy) is 1. The highest BCUT2D eigenvalue weighted by molar-refractivity contribution is 7.88. The van der Waals surface area contributed by atoms with Gasteiger partial charge in [0.05, 0.1) is 29.6 Å². The Bertz CT molecular complexity index is 757. The maximum absolute atomic E-state index is 12.6. The summed E-state index contributed by atoms with van der Waals surface area (Å²) in [5.41, 5.74) is 0.294. The average Bonchev–Trinajstić information content (AvgIpc) is 2.53. The lowest BCUT2D eigenvalue weighted by atomic mass is 10.2. The summed E-state index contributed by atoms with van der Waals surface area (Å²) >= 11 is 5.98. The first kappa shape index (κ1) is 19.6. The smallest absolute Gasteiger partial charge is 0.318 e. The Morgan fingerprint density at radius 2 is 2.24 bits per heavy atom. The Labute approximate surface area is 150 Å². The maximum atomic E-state index is 12.6. The number of aromatic nitrogens is 1. The average molecular weight is 392 g/mol. The Morgan fingerprint density at radius 1 is 1.52 bits per heavy atom. The normalized spacial score (nSPS) is 18.4. The zero-order chi connectivity index (χ0) is 18.6. The van der Waals surface area contributed by atoms with Crippen LogP contribution in [0.3, 0.4) is 0 Å². The van der Waals surface area contributed by atoms with Crippen molar-refractivity contribution in [1.29, 1.82) is 0 Å². The molecule has 1 aromatic heterocycles. The molecule has 9 nitrogen and oxygen atoms in total. The summed E-state index contributed by atoms with van der Waals surface area (Å²) in [5, 5.41) is 9.09. The van der Waals surface area contributed by atoms with Crippen LogP contribution in [0.25, 0.3) is 0 Å². The van der Waals surface area contributed by atoms with Gasteiger partial charge >= 0.3 is 5.97 Å². The number of carboxylic acids is 1. The van der Waals surface area contributed by atoms with Crippen molar-refractivity contribution in [2.45, 2.75) is 6.10 Å². The standard InChI is InChI=1S/C14H18ClN3O6S/c1-25(22,23)18(9-13(19)20)8-10-7-17(4-5-24-10)14(21)11-2-3-16-6-12(11)15/h2-3,6,10H,4-5,7-9H2,1H3,(H,19,20)/t10-/m0/s1. The summed E-state index contributed by atoms with van der Waals surface area (Å²) in [6, 6.07) is 1.50. The number of nitrogens with zero attached hydrogens (tertiary/aromatic N) is 3.